The van der Waals surface area contributed by atoms with Crippen LogP contribution in [-0.4, -0.2) is 44.7 Å². The van der Waals surface area contributed by atoms with Crippen LogP contribution in [0.15, 0.2) is 70.5 Å². The normalized spacial score (nSPS) is 13.6. The van der Waals surface area contributed by atoms with Gasteiger partial charge in [-0.25, -0.2) is 16.8 Å². The molecule has 0 spiro atoms. The predicted molar refractivity (Wildman–Crippen MR) is 133 cm³/mol. The van der Waals surface area contributed by atoms with Crippen molar-refractivity contribution in [2.45, 2.75) is 22.6 Å². The zero-order valence-corrected chi connectivity index (χ0v) is 21.1. The molecule has 0 unspecified atom stereocenters. The van der Waals surface area contributed by atoms with Gasteiger partial charge in [-0.3, -0.25) is 9.03 Å². The quantitative estimate of drug-likeness (QED) is 0.484. The lowest BCUT2D eigenvalue weighted by Crippen LogP contribution is -2.35. The van der Waals surface area contributed by atoms with Crippen LogP contribution >= 0.6 is 0 Å². The maximum absolute atomic E-state index is 13.3. The maximum atomic E-state index is 13.3. The number of ether oxygens (including phenoxy) is 3. The van der Waals surface area contributed by atoms with E-state index in [1.807, 2.05) is 0 Å². The molecule has 3 aromatic carbocycles. The fourth-order valence-corrected chi connectivity index (χ4v) is 6.73. The van der Waals surface area contributed by atoms with Gasteiger partial charge in [-0.1, -0.05) is 0 Å². The van der Waals surface area contributed by atoms with E-state index < -0.39 is 20.0 Å². The molecule has 35 heavy (non-hydrogen) atoms. The second kappa shape index (κ2) is 9.67. The summed E-state index contributed by atoms with van der Waals surface area (Å²) < 4.78 is 72.3. The third-order valence-corrected chi connectivity index (χ3v) is 8.95. The molecule has 0 aromatic heterocycles. The lowest BCUT2D eigenvalue weighted by Gasteiger charge is -2.31. The number of nitrogens with zero attached hydrogens (tertiary/aromatic N) is 1. The molecular weight excluding hydrogens is 492 g/mol. The summed E-state index contributed by atoms with van der Waals surface area (Å²) in [7, 11) is -3.46. The summed E-state index contributed by atoms with van der Waals surface area (Å²) in [5.74, 6) is 1.11. The van der Waals surface area contributed by atoms with E-state index >= 15 is 0 Å². The van der Waals surface area contributed by atoms with Crippen molar-refractivity contribution in [2.75, 3.05) is 36.9 Å². The summed E-state index contributed by atoms with van der Waals surface area (Å²) in [4.78, 5) is 0.0850. The fraction of sp³-hybridized carbons (Fsp3) is 0.250. The number of sulfonamides is 2. The predicted octanol–water partition coefficient (Wildman–Crippen LogP) is 3.65. The van der Waals surface area contributed by atoms with E-state index in [9.17, 15) is 16.8 Å². The van der Waals surface area contributed by atoms with Gasteiger partial charge in [0.15, 0.2) is 0 Å². The van der Waals surface area contributed by atoms with E-state index in [2.05, 4.69) is 4.72 Å². The Kier molecular flexibility index (Phi) is 6.82. The Morgan fingerprint density at radius 3 is 2.14 bits per heavy atom. The largest absolute Gasteiger partial charge is 0.497 e. The van der Waals surface area contributed by atoms with Crippen molar-refractivity contribution in [1.82, 2.24) is 0 Å². The molecule has 4 rings (SSSR count). The van der Waals surface area contributed by atoms with Crippen molar-refractivity contribution in [3.05, 3.63) is 66.2 Å². The highest BCUT2D eigenvalue weighted by molar-refractivity contribution is 7.93. The van der Waals surface area contributed by atoms with Gasteiger partial charge >= 0.3 is 0 Å². The molecule has 3 aromatic rings. The molecular formula is C24H26N2O7S2. The zero-order chi connectivity index (χ0) is 25.2. The monoisotopic (exact) mass is 518 g/mol. The van der Waals surface area contributed by atoms with E-state index in [0.29, 0.717) is 42.3 Å². The number of aryl methyl sites for hydroxylation is 1. The van der Waals surface area contributed by atoms with Gasteiger partial charge in [0.2, 0.25) is 0 Å². The lowest BCUT2D eigenvalue weighted by atomic mass is 10.0. The van der Waals surface area contributed by atoms with Crippen molar-refractivity contribution in [3.8, 4) is 17.2 Å². The minimum absolute atomic E-state index is 0.0687. The minimum Gasteiger partial charge on any atom is -0.497 e. The average Bonchev–Trinajstić information content (AvgIpc) is 2.87. The molecule has 1 aliphatic heterocycles. The van der Waals surface area contributed by atoms with Gasteiger partial charge in [-0.2, -0.15) is 0 Å². The van der Waals surface area contributed by atoms with Gasteiger partial charge in [0.25, 0.3) is 20.0 Å². The molecule has 0 atom stereocenters. The topological polar surface area (TPSA) is 111 Å². The van der Waals surface area contributed by atoms with E-state index in [1.54, 1.807) is 36.4 Å². The van der Waals surface area contributed by atoms with Crippen molar-refractivity contribution in [2.24, 2.45) is 0 Å². The van der Waals surface area contributed by atoms with Gasteiger partial charge in [0.1, 0.15) is 22.1 Å². The van der Waals surface area contributed by atoms with Crippen LogP contribution in [-0.2, 0) is 26.5 Å². The summed E-state index contributed by atoms with van der Waals surface area (Å²) >= 11 is 0. The number of anilines is 2. The molecule has 186 valence electrons. The van der Waals surface area contributed by atoms with Crippen molar-refractivity contribution < 1.29 is 31.0 Å². The van der Waals surface area contributed by atoms with E-state index in [0.717, 1.165) is 5.56 Å². The van der Waals surface area contributed by atoms with Gasteiger partial charge in [-0.05, 0) is 73.0 Å². The van der Waals surface area contributed by atoms with Crippen LogP contribution in [0.3, 0.4) is 0 Å². The van der Waals surface area contributed by atoms with Crippen LogP contribution in [0.25, 0.3) is 0 Å². The van der Waals surface area contributed by atoms with Crippen LogP contribution in [0, 0.1) is 0 Å². The third-order valence-electron chi connectivity index (χ3n) is 5.72. The standard InChI is InChI=1S/C24H26N2O7S2/c1-31-19-7-10-21(11-8-19)35(29,30)26-14-4-5-17-15-18(6-12-22(17)26)25-34(27,28)24-16-20(32-2)9-13-23(24)33-3/h6-13,15-16,25H,4-5,14H2,1-3H3. The number of methoxy groups -OCH3 is 3. The number of benzene rings is 3. The van der Waals surface area contributed by atoms with Gasteiger partial charge in [0.05, 0.1) is 31.9 Å². The highest BCUT2D eigenvalue weighted by Crippen LogP contribution is 2.35. The Balaban J connectivity index is 1.65. The first-order chi connectivity index (χ1) is 16.7. The first-order valence-electron chi connectivity index (χ1n) is 10.7. The second-order valence-electron chi connectivity index (χ2n) is 7.82. The molecule has 1 aliphatic rings. The van der Waals surface area contributed by atoms with E-state index in [-0.39, 0.29) is 15.5 Å². The summed E-state index contributed by atoms with van der Waals surface area (Å²) in [6.07, 6.45) is 1.21. The number of hydrogen-bond donors (Lipinski definition) is 1. The number of nitrogens with one attached hydrogen (secondary N) is 1. The smallest absolute Gasteiger partial charge is 0.265 e. The summed E-state index contributed by atoms with van der Waals surface area (Å²) in [6, 6.07) is 15.5. The van der Waals surface area contributed by atoms with Crippen LogP contribution in [0.1, 0.15) is 12.0 Å². The average molecular weight is 519 g/mol. The number of rotatable bonds is 8. The second-order valence-corrected chi connectivity index (χ2v) is 11.3. The maximum Gasteiger partial charge on any atom is 0.265 e. The minimum atomic E-state index is -4.01. The summed E-state index contributed by atoms with van der Waals surface area (Å²) in [6.45, 7) is 0.327. The van der Waals surface area contributed by atoms with E-state index in [1.165, 1.54) is 49.9 Å². The molecule has 11 heteroatoms. The summed E-state index contributed by atoms with van der Waals surface area (Å²) in [5.41, 5.74) is 1.57. The van der Waals surface area contributed by atoms with Crippen LogP contribution < -0.4 is 23.2 Å². The van der Waals surface area contributed by atoms with Gasteiger partial charge in [-0.15, -0.1) is 0 Å². The first kappa shape index (κ1) is 24.7. The molecule has 0 bridgehead atoms. The van der Waals surface area contributed by atoms with Gasteiger partial charge < -0.3 is 14.2 Å². The molecule has 0 aliphatic carbocycles. The molecule has 0 radical (unpaired) electrons. The lowest BCUT2D eigenvalue weighted by molar-refractivity contribution is 0.392. The van der Waals surface area contributed by atoms with Crippen molar-refractivity contribution >= 4 is 31.4 Å². The SMILES string of the molecule is COc1ccc(S(=O)(=O)N2CCCc3cc(NS(=O)(=O)c4cc(OC)ccc4OC)ccc32)cc1. The number of fused-ring (bicyclic) bond motifs is 1. The van der Waals surface area contributed by atoms with Crippen LogP contribution in [0.5, 0.6) is 17.2 Å². The van der Waals surface area contributed by atoms with E-state index in [4.69, 9.17) is 14.2 Å². The first-order valence-corrected chi connectivity index (χ1v) is 13.7. The fourth-order valence-electron chi connectivity index (χ4n) is 3.95. The Morgan fingerprint density at radius 1 is 0.800 bits per heavy atom. The Hall–Kier alpha value is -3.44. The molecule has 1 heterocycles. The molecule has 0 fully saturated rings. The van der Waals surface area contributed by atoms with Crippen LogP contribution in [0.4, 0.5) is 11.4 Å². The number of hydrogen-bond acceptors (Lipinski definition) is 7. The van der Waals surface area contributed by atoms with Gasteiger partial charge in [0, 0.05) is 18.3 Å². The van der Waals surface area contributed by atoms with Crippen LogP contribution in [0.2, 0.25) is 0 Å². The molecule has 1 N–H and O–H groups in total. The highest BCUT2D eigenvalue weighted by atomic mass is 32.2. The van der Waals surface area contributed by atoms with Crippen molar-refractivity contribution in [1.29, 1.82) is 0 Å². The Morgan fingerprint density at radius 2 is 1.49 bits per heavy atom. The molecule has 0 saturated carbocycles. The Labute approximate surface area is 205 Å². The molecule has 0 saturated heterocycles. The molecule has 9 nitrogen and oxygen atoms in total. The third kappa shape index (κ3) is 4.87. The van der Waals surface area contributed by atoms with Crippen molar-refractivity contribution in [3.63, 3.8) is 0 Å². The Bertz CT molecular complexity index is 1440. The summed E-state index contributed by atoms with van der Waals surface area (Å²) in [5, 5.41) is 0. The molecule has 0 amide bonds. The zero-order valence-electron chi connectivity index (χ0n) is 19.5. The highest BCUT2D eigenvalue weighted by Gasteiger charge is 2.30.